The smallest absolute Gasteiger partial charge is 0.263 e. The predicted molar refractivity (Wildman–Crippen MR) is 104 cm³/mol. The SMILES string of the molecule is CCc1cc(C(=O)N2CCC(NS(=O)(=O)c3ccc(F)cc3)CC2)sc1C. The molecule has 1 fully saturated rings. The van der Waals surface area contributed by atoms with Crippen LogP contribution in [0.5, 0.6) is 0 Å². The minimum absolute atomic E-state index is 0.0163. The normalized spacial score (nSPS) is 15.9. The van der Waals surface area contributed by atoms with Crippen molar-refractivity contribution < 1.29 is 17.6 Å². The molecule has 0 unspecified atom stereocenters. The number of hydrogen-bond donors (Lipinski definition) is 1. The van der Waals surface area contributed by atoms with Gasteiger partial charge in [-0.3, -0.25) is 4.79 Å². The van der Waals surface area contributed by atoms with Gasteiger partial charge in [0, 0.05) is 24.0 Å². The van der Waals surface area contributed by atoms with E-state index in [9.17, 15) is 17.6 Å². The first-order valence-corrected chi connectivity index (χ1v) is 11.3. The lowest BCUT2D eigenvalue weighted by molar-refractivity contribution is 0.0716. The van der Waals surface area contributed by atoms with E-state index in [1.807, 2.05) is 13.0 Å². The van der Waals surface area contributed by atoms with E-state index in [4.69, 9.17) is 0 Å². The highest BCUT2D eigenvalue weighted by atomic mass is 32.2. The van der Waals surface area contributed by atoms with Gasteiger partial charge in [-0.25, -0.2) is 17.5 Å². The number of nitrogens with one attached hydrogen (secondary N) is 1. The average molecular weight is 411 g/mol. The lowest BCUT2D eigenvalue weighted by Gasteiger charge is -2.32. The van der Waals surface area contributed by atoms with E-state index in [2.05, 4.69) is 11.6 Å². The van der Waals surface area contributed by atoms with Crippen molar-refractivity contribution in [2.24, 2.45) is 0 Å². The first-order chi connectivity index (χ1) is 12.8. The standard InChI is InChI=1S/C19H23FN2O3S2/c1-3-14-12-18(26-13(14)2)19(23)22-10-8-16(9-11-22)21-27(24,25)17-6-4-15(20)5-7-17/h4-7,12,16,21H,3,8-11H2,1-2H3. The number of hydrogen-bond acceptors (Lipinski definition) is 4. The van der Waals surface area contributed by atoms with Gasteiger partial charge in [0.2, 0.25) is 10.0 Å². The molecule has 1 aliphatic heterocycles. The highest BCUT2D eigenvalue weighted by Gasteiger charge is 2.28. The molecule has 1 saturated heterocycles. The summed E-state index contributed by atoms with van der Waals surface area (Å²) in [5.41, 5.74) is 1.20. The molecule has 5 nitrogen and oxygen atoms in total. The summed E-state index contributed by atoms with van der Waals surface area (Å²) in [4.78, 5) is 16.4. The van der Waals surface area contributed by atoms with Gasteiger partial charge in [0.1, 0.15) is 5.82 Å². The Bertz CT molecular complexity index is 915. The molecule has 1 aromatic carbocycles. The number of nitrogens with zero attached hydrogens (tertiary/aromatic N) is 1. The molecule has 8 heteroatoms. The summed E-state index contributed by atoms with van der Waals surface area (Å²) in [7, 11) is -3.69. The largest absolute Gasteiger partial charge is 0.338 e. The number of carbonyl (C=O) groups excluding carboxylic acids is 1. The highest BCUT2D eigenvalue weighted by Crippen LogP contribution is 2.25. The van der Waals surface area contributed by atoms with Gasteiger partial charge in [-0.05, 0) is 62.1 Å². The fraction of sp³-hybridized carbons (Fsp3) is 0.421. The van der Waals surface area contributed by atoms with Crippen LogP contribution >= 0.6 is 11.3 Å². The summed E-state index contributed by atoms with van der Waals surface area (Å²) < 4.78 is 40.5. The van der Waals surface area contributed by atoms with E-state index in [0.717, 1.165) is 23.4 Å². The first-order valence-electron chi connectivity index (χ1n) is 8.96. The van der Waals surface area contributed by atoms with Gasteiger partial charge in [-0.1, -0.05) is 6.92 Å². The van der Waals surface area contributed by atoms with Gasteiger partial charge in [-0.2, -0.15) is 0 Å². The number of sulfonamides is 1. The van der Waals surface area contributed by atoms with Crippen LogP contribution in [-0.4, -0.2) is 38.4 Å². The number of halogens is 1. The Labute approximate surface area is 163 Å². The Morgan fingerprint density at radius 3 is 2.44 bits per heavy atom. The van der Waals surface area contributed by atoms with E-state index in [0.29, 0.717) is 25.9 Å². The maximum Gasteiger partial charge on any atom is 0.263 e. The molecule has 0 radical (unpaired) electrons. The zero-order valence-electron chi connectivity index (χ0n) is 15.4. The van der Waals surface area contributed by atoms with Gasteiger partial charge in [-0.15, -0.1) is 11.3 Å². The molecule has 0 atom stereocenters. The number of carbonyl (C=O) groups is 1. The van der Waals surface area contributed by atoms with Crippen molar-refractivity contribution in [1.29, 1.82) is 0 Å². The maximum atomic E-state index is 13.0. The van der Waals surface area contributed by atoms with E-state index < -0.39 is 15.8 Å². The molecule has 0 bridgehead atoms. The number of thiophene rings is 1. The summed E-state index contributed by atoms with van der Waals surface area (Å²) in [5.74, 6) is -0.460. The Hall–Kier alpha value is -1.77. The fourth-order valence-corrected chi connectivity index (χ4v) is 5.62. The van der Waals surface area contributed by atoms with Crippen LogP contribution < -0.4 is 4.72 Å². The molecule has 3 rings (SSSR count). The summed E-state index contributed by atoms with van der Waals surface area (Å²) in [6, 6.07) is 6.49. The van der Waals surface area contributed by atoms with Crippen molar-refractivity contribution in [3.8, 4) is 0 Å². The third-order valence-electron chi connectivity index (χ3n) is 4.84. The van der Waals surface area contributed by atoms with Gasteiger partial charge in [0.25, 0.3) is 5.91 Å². The molecule has 1 N–H and O–H groups in total. The molecular formula is C19H23FN2O3S2. The number of aryl methyl sites for hydroxylation is 2. The van der Waals surface area contributed by atoms with Crippen molar-refractivity contribution in [3.63, 3.8) is 0 Å². The molecule has 1 amide bonds. The zero-order valence-corrected chi connectivity index (χ0v) is 17.0. The van der Waals surface area contributed by atoms with Crippen molar-refractivity contribution >= 4 is 27.3 Å². The van der Waals surface area contributed by atoms with Gasteiger partial charge >= 0.3 is 0 Å². The van der Waals surface area contributed by atoms with E-state index in [1.54, 1.807) is 4.90 Å². The van der Waals surface area contributed by atoms with E-state index in [1.165, 1.54) is 33.9 Å². The van der Waals surface area contributed by atoms with Crippen LogP contribution in [0.3, 0.4) is 0 Å². The second-order valence-corrected chi connectivity index (χ2v) is 9.66. The molecule has 146 valence electrons. The number of amides is 1. The molecule has 1 aromatic heterocycles. The fourth-order valence-electron chi connectivity index (χ4n) is 3.23. The molecule has 0 spiro atoms. The zero-order chi connectivity index (χ0) is 19.6. The van der Waals surface area contributed by atoms with Crippen LogP contribution in [0.2, 0.25) is 0 Å². The van der Waals surface area contributed by atoms with E-state index in [-0.39, 0.29) is 16.8 Å². The van der Waals surface area contributed by atoms with Crippen LogP contribution in [0.25, 0.3) is 0 Å². The van der Waals surface area contributed by atoms with Crippen LogP contribution in [0, 0.1) is 12.7 Å². The topological polar surface area (TPSA) is 66.5 Å². The van der Waals surface area contributed by atoms with Crippen LogP contribution in [0.1, 0.15) is 39.9 Å². The van der Waals surface area contributed by atoms with Crippen LogP contribution in [-0.2, 0) is 16.4 Å². The minimum Gasteiger partial charge on any atom is -0.338 e. The van der Waals surface area contributed by atoms with Gasteiger partial charge in [0.05, 0.1) is 9.77 Å². The van der Waals surface area contributed by atoms with E-state index >= 15 is 0 Å². The summed E-state index contributed by atoms with van der Waals surface area (Å²) in [6.45, 7) is 5.11. The third-order valence-corrected chi connectivity index (χ3v) is 7.46. The number of likely N-dealkylation sites (tertiary alicyclic amines) is 1. The Morgan fingerprint density at radius 1 is 1.26 bits per heavy atom. The number of rotatable bonds is 5. The van der Waals surface area contributed by atoms with Crippen molar-refractivity contribution in [2.75, 3.05) is 13.1 Å². The van der Waals surface area contributed by atoms with Crippen molar-refractivity contribution in [1.82, 2.24) is 9.62 Å². The summed E-state index contributed by atoms with van der Waals surface area (Å²) in [6.07, 6.45) is 2.01. The second kappa shape index (κ2) is 8.08. The number of piperidine rings is 1. The van der Waals surface area contributed by atoms with Gasteiger partial charge < -0.3 is 4.90 Å². The number of benzene rings is 1. The van der Waals surface area contributed by atoms with Gasteiger partial charge in [0.15, 0.2) is 0 Å². The molecule has 1 aliphatic rings. The quantitative estimate of drug-likeness (QED) is 0.822. The highest BCUT2D eigenvalue weighted by molar-refractivity contribution is 7.89. The van der Waals surface area contributed by atoms with Crippen LogP contribution in [0.4, 0.5) is 4.39 Å². The van der Waals surface area contributed by atoms with Crippen molar-refractivity contribution in [3.05, 3.63) is 51.5 Å². The lowest BCUT2D eigenvalue weighted by atomic mass is 10.1. The molecule has 0 saturated carbocycles. The maximum absolute atomic E-state index is 13.0. The Morgan fingerprint density at radius 2 is 1.89 bits per heavy atom. The van der Waals surface area contributed by atoms with Crippen LogP contribution in [0.15, 0.2) is 35.2 Å². The molecule has 2 heterocycles. The monoisotopic (exact) mass is 410 g/mol. The molecule has 0 aliphatic carbocycles. The second-order valence-electron chi connectivity index (χ2n) is 6.69. The Kier molecular flexibility index (Phi) is 5.98. The predicted octanol–water partition coefficient (Wildman–Crippen LogP) is 3.34. The third kappa shape index (κ3) is 4.56. The molecular weight excluding hydrogens is 387 g/mol. The first kappa shape index (κ1) is 20.0. The Balaban J connectivity index is 1.59. The minimum atomic E-state index is -3.69. The molecule has 27 heavy (non-hydrogen) atoms. The molecule has 2 aromatic rings. The average Bonchev–Trinajstić information content (AvgIpc) is 3.02. The lowest BCUT2D eigenvalue weighted by Crippen LogP contribution is -2.46. The van der Waals surface area contributed by atoms with Crippen molar-refractivity contribution in [2.45, 2.75) is 44.0 Å². The summed E-state index contributed by atoms with van der Waals surface area (Å²) >= 11 is 1.52. The summed E-state index contributed by atoms with van der Waals surface area (Å²) in [5, 5.41) is 0.